The van der Waals surface area contributed by atoms with Gasteiger partial charge in [-0.15, -0.1) is 0 Å². The average molecular weight is 363 g/mol. The third-order valence-electron chi connectivity index (χ3n) is 3.95. The van der Waals surface area contributed by atoms with Crippen LogP contribution in [-0.4, -0.2) is 41.7 Å². The molecule has 0 unspecified atom stereocenters. The second-order valence-corrected chi connectivity index (χ2v) is 5.85. The van der Waals surface area contributed by atoms with Crippen molar-refractivity contribution in [1.29, 1.82) is 0 Å². The van der Waals surface area contributed by atoms with Crippen molar-refractivity contribution >= 4 is 17.5 Å². The highest BCUT2D eigenvalue weighted by atomic mass is 19.3. The number of anilines is 2. The topological polar surface area (TPSA) is 79.4 Å². The minimum Gasteiger partial charge on any atom is -0.435 e. The molecule has 3 rings (SSSR count). The van der Waals surface area contributed by atoms with Crippen LogP contribution < -0.4 is 20.3 Å². The van der Waals surface area contributed by atoms with E-state index in [0.717, 1.165) is 25.2 Å². The van der Waals surface area contributed by atoms with Crippen molar-refractivity contribution in [2.75, 3.05) is 23.3 Å². The Kier molecular flexibility index (Phi) is 5.77. The Labute approximate surface area is 149 Å². The smallest absolute Gasteiger partial charge is 0.387 e. The van der Waals surface area contributed by atoms with Crippen LogP contribution in [0, 0.1) is 0 Å². The van der Waals surface area contributed by atoms with E-state index in [1.165, 1.54) is 18.2 Å². The number of aromatic nitrogens is 2. The van der Waals surface area contributed by atoms with Gasteiger partial charge in [-0.05, 0) is 25.0 Å². The number of carbonyl (C=O) groups is 1. The summed E-state index contributed by atoms with van der Waals surface area (Å²) in [5.41, 5.74) is 0.377. The number of amides is 2. The van der Waals surface area contributed by atoms with E-state index < -0.39 is 12.6 Å². The Hall–Kier alpha value is -2.97. The number of hydrogen-bond acceptors (Lipinski definition) is 5. The summed E-state index contributed by atoms with van der Waals surface area (Å²) in [6, 6.07) is 5.43. The molecule has 26 heavy (non-hydrogen) atoms. The van der Waals surface area contributed by atoms with Crippen LogP contribution in [0.1, 0.15) is 12.8 Å². The number of rotatable bonds is 5. The molecule has 1 saturated heterocycles. The van der Waals surface area contributed by atoms with Gasteiger partial charge in [-0.3, -0.25) is 4.98 Å². The largest absolute Gasteiger partial charge is 0.435 e. The van der Waals surface area contributed by atoms with Gasteiger partial charge < -0.3 is 20.3 Å². The number of benzene rings is 1. The van der Waals surface area contributed by atoms with Gasteiger partial charge in [0.2, 0.25) is 0 Å². The third-order valence-corrected chi connectivity index (χ3v) is 3.95. The minimum absolute atomic E-state index is 0.00991. The summed E-state index contributed by atoms with van der Waals surface area (Å²) in [5, 5.41) is 5.53. The second kappa shape index (κ2) is 8.41. The summed E-state index contributed by atoms with van der Waals surface area (Å²) in [6.45, 7) is -1.43. The van der Waals surface area contributed by atoms with Crippen molar-refractivity contribution < 1.29 is 18.3 Å². The van der Waals surface area contributed by atoms with Crippen LogP contribution in [0.15, 0.2) is 42.9 Å². The van der Waals surface area contributed by atoms with E-state index in [4.69, 9.17) is 0 Å². The molecule has 138 valence electrons. The summed E-state index contributed by atoms with van der Waals surface area (Å²) >= 11 is 0. The van der Waals surface area contributed by atoms with Crippen molar-refractivity contribution in [3.05, 3.63) is 42.9 Å². The van der Waals surface area contributed by atoms with Crippen molar-refractivity contribution in [3.63, 3.8) is 0 Å². The van der Waals surface area contributed by atoms with Crippen molar-refractivity contribution in [2.45, 2.75) is 25.5 Å². The van der Waals surface area contributed by atoms with Gasteiger partial charge in [0.15, 0.2) is 0 Å². The molecule has 2 heterocycles. The molecule has 7 nitrogen and oxygen atoms in total. The Morgan fingerprint density at radius 1 is 1.35 bits per heavy atom. The predicted molar refractivity (Wildman–Crippen MR) is 92.5 cm³/mol. The zero-order valence-electron chi connectivity index (χ0n) is 13.9. The monoisotopic (exact) mass is 363 g/mol. The molecule has 9 heteroatoms. The van der Waals surface area contributed by atoms with Gasteiger partial charge in [-0.1, -0.05) is 6.07 Å². The lowest BCUT2D eigenvalue weighted by Crippen LogP contribution is -2.49. The fraction of sp³-hybridized carbons (Fsp3) is 0.353. The van der Waals surface area contributed by atoms with Crippen molar-refractivity contribution in [3.8, 4) is 5.75 Å². The number of hydrogen-bond donors (Lipinski definition) is 2. The van der Waals surface area contributed by atoms with E-state index in [9.17, 15) is 13.6 Å². The first-order valence-corrected chi connectivity index (χ1v) is 8.23. The van der Waals surface area contributed by atoms with E-state index in [-0.39, 0.29) is 11.8 Å². The lowest BCUT2D eigenvalue weighted by molar-refractivity contribution is -0.0497. The average Bonchev–Trinajstić information content (AvgIpc) is 2.62. The van der Waals surface area contributed by atoms with Gasteiger partial charge in [0.25, 0.3) is 0 Å². The first kappa shape index (κ1) is 17.8. The molecule has 1 aliphatic rings. The molecular formula is C17H19F2N5O2. The minimum atomic E-state index is -2.91. The SMILES string of the molecule is O=C(Nc1cccc(OC(F)F)c1)N[C@H]1CCCN(c2cnccn2)C1. The molecule has 1 aliphatic heterocycles. The van der Waals surface area contributed by atoms with Gasteiger partial charge in [0.05, 0.1) is 6.20 Å². The molecule has 0 radical (unpaired) electrons. The molecule has 2 N–H and O–H groups in total. The van der Waals surface area contributed by atoms with Crippen molar-refractivity contribution in [1.82, 2.24) is 15.3 Å². The van der Waals surface area contributed by atoms with Gasteiger partial charge >= 0.3 is 12.6 Å². The van der Waals surface area contributed by atoms with Crippen LogP contribution in [0.25, 0.3) is 0 Å². The Morgan fingerprint density at radius 3 is 3.00 bits per heavy atom. The van der Waals surface area contributed by atoms with Crippen LogP contribution in [0.4, 0.5) is 25.1 Å². The zero-order chi connectivity index (χ0) is 18.4. The summed E-state index contributed by atoms with van der Waals surface area (Å²) in [7, 11) is 0. The first-order chi connectivity index (χ1) is 12.6. The third kappa shape index (κ3) is 5.01. The molecule has 1 aromatic carbocycles. The maximum atomic E-state index is 12.3. The predicted octanol–water partition coefficient (Wildman–Crippen LogP) is 2.87. The van der Waals surface area contributed by atoms with Crippen molar-refractivity contribution in [2.24, 2.45) is 0 Å². The molecule has 1 atom stereocenters. The molecule has 0 spiro atoms. The van der Waals surface area contributed by atoms with Gasteiger partial charge in [-0.25, -0.2) is 9.78 Å². The fourth-order valence-electron chi connectivity index (χ4n) is 2.86. The van der Waals surface area contributed by atoms with Crippen LogP contribution in [0.3, 0.4) is 0 Å². The fourth-order valence-corrected chi connectivity index (χ4v) is 2.86. The molecule has 2 amide bonds. The highest BCUT2D eigenvalue weighted by molar-refractivity contribution is 5.89. The molecule has 2 aromatic rings. The number of piperidine rings is 1. The highest BCUT2D eigenvalue weighted by Crippen LogP contribution is 2.20. The Balaban J connectivity index is 1.54. The molecule has 1 aromatic heterocycles. The quantitative estimate of drug-likeness (QED) is 0.854. The molecule has 0 aliphatic carbocycles. The van der Waals surface area contributed by atoms with Gasteiger partial charge in [0.1, 0.15) is 11.6 Å². The number of halogens is 2. The molecule has 0 bridgehead atoms. The summed E-state index contributed by atoms with van der Waals surface area (Å²) in [5.74, 6) is 0.764. The summed E-state index contributed by atoms with van der Waals surface area (Å²) in [4.78, 5) is 22.6. The summed E-state index contributed by atoms with van der Waals surface area (Å²) in [6.07, 6.45) is 6.70. The summed E-state index contributed by atoms with van der Waals surface area (Å²) < 4.78 is 28.9. The van der Waals surface area contributed by atoms with E-state index in [0.29, 0.717) is 12.2 Å². The van der Waals surface area contributed by atoms with Crippen LogP contribution in [0.5, 0.6) is 5.75 Å². The van der Waals surface area contributed by atoms with Crippen LogP contribution >= 0.6 is 0 Å². The van der Waals surface area contributed by atoms with E-state index in [2.05, 4.69) is 30.2 Å². The number of carbonyl (C=O) groups excluding carboxylic acids is 1. The number of nitrogens with zero attached hydrogens (tertiary/aromatic N) is 3. The second-order valence-electron chi connectivity index (χ2n) is 5.85. The molecular weight excluding hydrogens is 344 g/mol. The number of nitrogens with one attached hydrogen (secondary N) is 2. The highest BCUT2D eigenvalue weighted by Gasteiger charge is 2.22. The molecule has 0 saturated carbocycles. The van der Waals surface area contributed by atoms with Gasteiger partial charge in [0, 0.05) is 43.3 Å². The lowest BCUT2D eigenvalue weighted by Gasteiger charge is -2.33. The zero-order valence-corrected chi connectivity index (χ0v) is 13.9. The Bertz CT molecular complexity index is 732. The van der Waals surface area contributed by atoms with E-state index >= 15 is 0 Å². The van der Waals surface area contributed by atoms with Gasteiger partial charge in [-0.2, -0.15) is 8.78 Å². The van der Waals surface area contributed by atoms with Crippen LogP contribution in [-0.2, 0) is 0 Å². The number of ether oxygens (including phenoxy) is 1. The van der Waals surface area contributed by atoms with E-state index in [1.807, 2.05) is 0 Å². The molecule has 1 fully saturated rings. The first-order valence-electron chi connectivity index (χ1n) is 8.23. The number of urea groups is 1. The standard InChI is InChI=1S/C17H19F2N5O2/c18-16(19)26-14-5-1-3-12(9-14)22-17(25)23-13-4-2-8-24(11-13)15-10-20-6-7-21-15/h1,3,5-7,9-10,13,16H,2,4,8,11H2,(H2,22,23,25)/t13-/m0/s1. The Morgan fingerprint density at radius 2 is 2.23 bits per heavy atom. The maximum Gasteiger partial charge on any atom is 0.387 e. The van der Waals surface area contributed by atoms with E-state index in [1.54, 1.807) is 24.7 Å². The maximum absolute atomic E-state index is 12.3. The normalized spacial score (nSPS) is 17.0. The lowest BCUT2D eigenvalue weighted by atomic mass is 10.1. The van der Waals surface area contributed by atoms with Crippen LogP contribution in [0.2, 0.25) is 0 Å². The number of alkyl halides is 2.